The standard InChI is InChI=1S/C19H25NO/c1-4-14(2)15(3)20-19(21)12-10-16-9-11-17-7-5-6-8-18(17)13-16/h5-9,11,13-15H,4,10,12H2,1-3H3,(H,20,21). The van der Waals surface area contributed by atoms with Gasteiger partial charge in [0.1, 0.15) is 0 Å². The third-order valence-corrected chi connectivity index (χ3v) is 4.34. The SMILES string of the molecule is CCC(C)C(C)NC(=O)CCc1ccc2ccccc2c1. The highest BCUT2D eigenvalue weighted by molar-refractivity contribution is 5.83. The Morgan fingerprint density at radius 1 is 1.10 bits per heavy atom. The molecule has 2 atom stereocenters. The zero-order valence-corrected chi connectivity index (χ0v) is 13.2. The molecule has 0 aromatic heterocycles. The van der Waals surface area contributed by atoms with Crippen LogP contribution in [-0.4, -0.2) is 11.9 Å². The monoisotopic (exact) mass is 283 g/mol. The van der Waals surface area contributed by atoms with Crippen LogP contribution >= 0.6 is 0 Å². The molecule has 0 heterocycles. The lowest BCUT2D eigenvalue weighted by Gasteiger charge is -2.19. The second kappa shape index (κ2) is 7.26. The summed E-state index contributed by atoms with van der Waals surface area (Å²) in [6, 6.07) is 15.0. The maximum absolute atomic E-state index is 12.0. The van der Waals surface area contributed by atoms with Gasteiger partial charge in [-0.1, -0.05) is 62.7 Å². The van der Waals surface area contributed by atoms with E-state index in [1.807, 2.05) is 12.1 Å². The van der Waals surface area contributed by atoms with Gasteiger partial charge in [-0.25, -0.2) is 0 Å². The van der Waals surface area contributed by atoms with E-state index in [2.05, 4.69) is 56.4 Å². The zero-order valence-electron chi connectivity index (χ0n) is 13.2. The predicted octanol–water partition coefficient (Wildman–Crippen LogP) is 4.32. The van der Waals surface area contributed by atoms with Crippen LogP contribution in [0.4, 0.5) is 0 Å². The van der Waals surface area contributed by atoms with Gasteiger partial charge in [-0.05, 0) is 35.6 Å². The van der Waals surface area contributed by atoms with Crippen molar-refractivity contribution in [2.75, 3.05) is 0 Å². The third kappa shape index (κ3) is 4.32. The first-order valence-corrected chi connectivity index (χ1v) is 7.87. The van der Waals surface area contributed by atoms with Crippen molar-refractivity contribution in [1.82, 2.24) is 5.32 Å². The molecule has 0 spiro atoms. The fourth-order valence-corrected chi connectivity index (χ4v) is 2.47. The minimum atomic E-state index is 0.149. The molecule has 2 heteroatoms. The Bertz CT molecular complexity index is 605. The highest BCUT2D eigenvalue weighted by Crippen LogP contribution is 2.16. The Balaban J connectivity index is 1.90. The average molecular weight is 283 g/mol. The van der Waals surface area contributed by atoms with Crippen LogP contribution in [0.15, 0.2) is 42.5 Å². The molecule has 0 fully saturated rings. The molecule has 2 nitrogen and oxygen atoms in total. The van der Waals surface area contributed by atoms with Gasteiger partial charge in [-0.3, -0.25) is 4.79 Å². The minimum Gasteiger partial charge on any atom is -0.353 e. The Hall–Kier alpha value is -1.83. The van der Waals surface area contributed by atoms with E-state index in [-0.39, 0.29) is 11.9 Å². The average Bonchev–Trinajstić information content (AvgIpc) is 2.51. The molecule has 2 aromatic rings. The van der Waals surface area contributed by atoms with Gasteiger partial charge < -0.3 is 5.32 Å². The molecular weight excluding hydrogens is 258 g/mol. The number of carbonyl (C=O) groups is 1. The maximum atomic E-state index is 12.0. The maximum Gasteiger partial charge on any atom is 0.220 e. The predicted molar refractivity (Wildman–Crippen MR) is 89.3 cm³/mol. The number of benzene rings is 2. The Morgan fingerprint density at radius 3 is 2.52 bits per heavy atom. The van der Waals surface area contributed by atoms with Crippen molar-refractivity contribution >= 4 is 16.7 Å². The van der Waals surface area contributed by atoms with Crippen molar-refractivity contribution in [3.63, 3.8) is 0 Å². The van der Waals surface area contributed by atoms with Crippen molar-refractivity contribution in [1.29, 1.82) is 0 Å². The van der Waals surface area contributed by atoms with Gasteiger partial charge in [-0.15, -0.1) is 0 Å². The first-order valence-electron chi connectivity index (χ1n) is 7.87. The van der Waals surface area contributed by atoms with E-state index in [1.165, 1.54) is 16.3 Å². The lowest BCUT2D eigenvalue weighted by molar-refractivity contribution is -0.122. The molecule has 1 amide bonds. The van der Waals surface area contributed by atoms with Gasteiger partial charge in [0.25, 0.3) is 0 Å². The van der Waals surface area contributed by atoms with Crippen molar-refractivity contribution < 1.29 is 4.79 Å². The molecule has 0 radical (unpaired) electrons. The Kier molecular flexibility index (Phi) is 5.38. The fourth-order valence-electron chi connectivity index (χ4n) is 2.47. The van der Waals surface area contributed by atoms with E-state index in [0.717, 1.165) is 12.8 Å². The highest BCUT2D eigenvalue weighted by atomic mass is 16.1. The van der Waals surface area contributed by atoms with Crippen LogP contribution in [0.3, 0.4) is 0 Å². The molecule has 1 N–H and O–H groups in total. The van der Waals surface area contributed by atoms with Crippen LogP contribution in [0.2, 0.25) is 0 Å². The van der Waals surface area contributed by atoms with Crippen LogP contribution < -0.4 is 5.32 Å². The van der Waals surface area contributed by atoms with E-state index >= 15 is 0 Å². The van der Waals surface area contributed by atoms with Crippen LogP contribution in [0, 0.1) is 5.92 Å². The molecular formula is C19H25NO. The third-order valence-electron chi connectivity index (χ3n) is 4.34. The number of hydrogen-bond donors (Lipinski definition) is 1. The van der Waals surface area contributed by atoms with Crippen LogP contribution in [0.25, 0.3) is 10.8 Å². The van der Waals surface area contributed by atoms with E-state index in [0.29, 0.717) is 12.3 Å². The quantitative estimate of drug-likeness (QED) is 0.840. The molecule has 0 aliphatic rings. The van der Waals surface area contributed by atoms with Gasteiger partial charge in [0.05, 0.1) is 0 Å². The van der Waals surface area contributed by atoms with Gasteiger partial charge in [-0.2, -0.15) is 0 Å². The molecule has 2 aromatic carbocycles. The smallest absolute Gasteiger partial charge is 0.220 e. The first-order chi connectivity index (χ1) is 10.1. The summed E-state index contributed by atoms with van der Waals surface area (Å²) in [5.41, 5.74) is 1.22. The molecule has 0 aliphatic heterocycles. The molecule has 0 bridgehead atoms. The number of fused-ring (bicyclic) bond motifs is 1. The van der Waals surface area contributed by atoms with E-state index in [1.54, 1.807) is 0 Å². The molecule has 0 aliphatic carbocycles. The molecule has 0 saturated heterocycles. The number of rotatable bonds is 6. The van der Waals surface area contributed by atoms with E-state index < -0.39 is 0 Å². The molecule has 21 heavy (non-hydrogen) atoms. The number of aryl methyl sites for hydroxylation is 1. The summed E-state index contributed by atoms with van der Waals surface area (Å²) in [7, 11) is 0. The lowest BCUT2D eigenvalue weighted by Crippen LogP contribution is -2.36. The summed E-state index contributed by atoms with van der Waals surface area (Å²) in [4.78, 5) is 12.0. The summed E-state index contributed by atoms with van der Waals surface area (Å²) in [5, 5.41) is 5.58. The van der Waals surface area contributed by atoms with Crippen LogP contribution in [0.5, 0.6) is 0 Å². The van der Waals surface area contributed by atoms with Crippen LogP contribution in [-0.2, 0) is 11.2 Å². The van der Waals surface area contributed by atoms with Crippen molar-refractivity contribution in [2.45, 2.75) is 46.1 Å². The summed E-state index contributed by atoms with van der Waals surface area (Å²) < 4.78 is 0. The lowest BCUT2D eigenvalue weighted by atomic mass is 10.0. The number of hydrogen-bond acceptors (Lipinski definition) is 1. The summed E-state index contributed by atoms with van der Waals surface area (Å²) in [5.74, 6) is 0.672. The highest BCUT2D eigenvalue weighted by Gasteiger charge is 2.12. The second-order valence-electron chi connectivity index (χ2n) is 5.92. The Morgan fingerprint density at radius 2 is 1.81 bits per heavy atom. The Labute approximate surface area is 127 Å². The molecule has 2 rings (SSSR count). The summed E-state index contributed by atoms with van der Waals surface area (Å²) in [6.07, 6.45) is 2.44. The summed E-state index contributed by atoms with van der Waals surface area (Å²) >= 11 is 0. The van der Waals surface area contributed by atoms with Gasteiger partial charge in [0.2, 0.25) is 5.91 Å². The minimum absolute atomic E-state index is 0.149. The topological polar surface area (TPSA) is 29.1 Å². The number of carbonyl (C=O) groups excluding carboxylic acids is 1. The molecule has 112 valence electrons. The summed E-state index contributed by atoms with van der Waals surface area (Å²) in [6.45, 7) is 6.42. The molecule has 0 saturated carbocycles. The van der Waals surface area contributed by atoms with E-state index in [9.17, 15) is 4.79 Å². The number of nitrogens with one attached hydrogen (secondary N) is 1. The van der Waals surface area contributed by atoms with Crippen molar-refractivity contribution in [3.8, 4) is 0 Å². The number of amides is 1. The largest absolute Gasteiger partial charge is 0.353 e. The first kappa shape index (κ1) is 15.6. The zero-order chi connectivity index (χ0) is 15.2. The van der Waals surface area contributed by atoms with Gasteiger partial charge >= 0.3 is 0 Å². The molecule has 2 unspecified atom stereocenters. The van der Waals surface area contributed by atoms with Crippen molar-refractivity contribution in [3.05, 3.63) is 48.0 Å². The van der Waals surface area contributed by atoms with Crippen LogP contribution in [0.1, 0.15) is 39.2 Å². The van der Waals surface area contributed by atoms with Gasteiger partial charge in [0.15, 0.2) is 0 Å². The van der Waals surface area contributed by atoms with Gasteiger partial charge in [0, 0.05) is 12.5 Å². The fraction of sp³-hybridized carbons (Fsp3) is 0.421. The van der Waals surface area contributed by atoms with E-state index in [4.69, 9.17) is 0 Å². The second-order valence-corrected chi connectivity index (χ2v) is 5.92. The normalized spacial score (nSPS) is 13.9. The van der Waals surface area contributed by atoms with Crippen molar-refractivity contribution in [2.24, 2.45) is 5.92 Å².